The molecule has 1 fully saturated rings. The van der Waals surface area contributed by atoms with Crippen LogP contribution >= 0.6 is 0 Å². The van der Waals surface area contributed by atoms with Crippen LogP contribution in [0.1, 0.15) is 25.5 Å². The van der Waals surface area contributed by atoms with Crippen molar-refractivity contribution in [3.8, 4) is 17.2 Å². The molecule has 0 saturated heterocycles. The van der Waals surface area contributed by atoms with E-state index in [0.717, 1.165) is 26.7 Å². The van der Waals surface area contributed by atoms with E-state index in [1.54, 1.807) is 0 Å². The van der Waals surface area contributed by atoms with Gasteiger partial charge in [0.1, 0.15) is 0 Å². The van der Waals surface area contributed by atoms with Crippen molar-refractivity contribution in [3.05, 3.63) is 54.2 Å². The van der Waals surface area contributed by atoms with E-state index in [2.05, 4.69) is 53.5 Å². The summed E-state index contributed by atoms with van der Waals surface area (Å²) in [5.41, 5.74) is 3.72. The van der Waals surface area contributed by atoms with Crippen molar-refractivity contribution in [3.63, 3.8) is 0 Å². The summed E-state index contributed by atoms with van der Waals surface area (Å²) in [4.78, 5) is 0. The fourth-order valence-corrected chi connectivity index (χ4v) is 6.06. The van der Waals surface area contributed by atoms with E-state index in [1.807, 2.05) is 18.2 Å². The molecule has 0 aliphatic heterocycles. The third-order valence-corrected chi connectivity index (χ3v) is 7.82. The van der Waals surface area contributed by atoms with Gasteiger partial charge in [-0.3, -0.25) is 0 Å². The molecule has 3 nitrogen and oxygen atoms in total. The fraction of sp³-hybridized carbons (Fsp3) is 0.250. The molecular weight excluding hydrogens is 357 g/mol. The minimum atomic E-state index is -0.0656. The number of rotatable bonds is 4. The predicted octanol–water partition coefficient (Wildman–Crippen LogP) is 3.72. The van der Waals surface area contributed by atoms with Crippen LogP contribution in [0.2, 0.25) is 4.71 Å². The van der Waals surface area contributed by atoms with Crippen molar-refractivity contribution in [2.75, 3.05) is 0 Å². The van der Waals surface area contributed by atoms with Crippen LogP contribution in [0.3, 0.4) is 0 Å². The maximum atomic E-state index is 9.44. The molecule has 1 aliphatic carbocycles. The van der Waals surface area contributed by atoms with Gasteiger partial charge in [-0.05, 0) is 0 Å². The van der Waals surface area contributed by atoms with Crippen LogP contribution in [0, 0.1) is 17.2 Å². The van der Waals surface area contributed by atoms with Gasteiger partial charge < -0.3 is 0 Å². The summed E-state index contributed by atoms with van der Waals surface area (Å²) in [5, 5.41) is 19.1. The molecule has 1 radical (unpaired) electrons. The second-order valence-corrected chi connectivity index (χ2v) is 9.50. The Morgan fingerprint density at radius 2 is 1.88 bits per heavy atom. The van der Waals surface area contributed by atoms with Gasteiger partial charge >= 0.3 is 148 Å². The molecule has 1 aromatic heterocycles. The van der Waals surface area contributed by atoms with Gasteiger partial charge in [0.2, 0.25) is 0 Å². The number of hydrogen-bond donors (Lipinski definition) is 0. The summed E-state index contributed by atoms with van der Waals surface area (Å²) in [5.74, 6) is 0.850. The molecule has 3 aromatic rings. The SMILES string of the molecule is CC([As]c1c(C#N)nnc2cc(-c3ccccc3)ccc12)C1CC1. The van der Waals surface area contributed by atoms with Crippen LogP contribution < -0.4 is 4.35 Å². The van der Waals surface area contributed by atoms with Gasteiger partial charge in [0.15, 0.2) is 0 Å². The van der Waals surface area contributed by atoms with Crippen LogP contribution in [-0.4, -0.2) is 25.9 Å². The summed E-state index contributed by atoms with van der Waals surface area (Å²) >= 11 is -0.0656. The van der Waals surface area contributed by atoms with E-state index in [4.69, 9.17) is 0 Å². The molecule has 1 atom stereocenters. The topological polar surface area (TPSA) is 49.6 Å². The molecule has 0 amide bonds. The quantitative estimate of drug-likeness (QED) is 0.654. The molecule has 117 valence electrons. The molecular formula is C20H17AsN3. The van der Waals surface area contributed by atoms with Gasteiger partial charge in [-0.1, -0.05) is 0 Å². The van der Waals surface area contributed by atoms with Crippen LogP contribution in [0.25, 0.3) is 22.0 Å². The van der Waals surface area contributed by atoms with Gasteiger partial charge in [0.05, 0.1) is 0 Å². The normalized spacial score (nSPS) is 15.7. The molecule has 1 aliphatic rings. The standard InChI is InChI=1S/C20H17AsN3/c1-13(14-7-8-14)21-20-17-10-9-16(15-5-3-2-4-6-15)11-18(17)23-24-19(20)12-22/h2-6,9-11,13-14H,7-8H2,1H3. The predicted molar refractivity (Wildman–Crippen MR) is 97.2 cm³/mol. The molecule has 1 saturated carbocycles. The van der Waals surface area contributed by atoms with E-state index in [-0.39, 0.29) is 15.8 Å². The molecule has 2 aromatic carbocycles. The first kappa shape index (κ1) is 15.4. The molecule has 24 heavy (non-hydrogen) atoms. The Morgan fingerprint density at radius 3 is 2.58 bits per heavy atom. The Morgan fingerprint density at radius 1 is 1.08 bits per heavy atom. The molecule has 0 bridgehead atoms. The second-order valence-electron chi connectivity index (χ2n) is 6.31. The number of nitriles is 1. The van der Waals surface area contributed by atoms with E-state index in [0.29, 0.717) is 10.4 Å². The first-order valence-electron chi connectivity index (χ1n) is 8.23. The van der Waals surface area contributed by atoms with Crippen molar-refractivity contribution in [1.82, 2.24) is 10.2 Å². The molecule has 4 heteroatoms. The third-order valence-electron chi connectivity index (χ3n) is 4.58. The zero-order valence-electron chi connectivity index (χ0n) is 13.5. The summed E-state index contributed by atoms with van der Waals surface area (Å²) in [7, 11) is 0. The molecule has 0 N–H and O–H groups in total. The Hall–Kier alpha value is -2.17. The monoisotopic (exact) mass is 374 g/mol. The van der Waals surface area contributed by atoms with Gasteiger partial charge in [-0.2, -0.15) is 0 Å². The zero-order chi connectivity index (χ0) is 16.5. The van der Waals surface area contributed by atoms with Crippen LogP contribution in [0.5, 0.6) is 0 Å². The number of aromatic nitrogens is 2. The summed E-state index contributed by atoms with van der Waals surface area (Å²) in [6.45, 7) is 2.32. The first-order chi connectivity index (χ1) is 11.8. The summed E-state index contributed by atoms with van der Waals surface area (Å²) < 4.78 is 1.84. The van der Waals surface area contributed by atoms with Crippen LogP contribution in [0.15, 0.2) is 48.5 Å². The Balaban J connectivity index is 1.80. The third kappa shape index (κ3) is 2.95. The van der Waals surface area contributed by atoms with Crippen LogP contribution in [0.4, 0.5) is 0 Å². The van der Waals surface area contributed by atoms with Crippen molar-refractivity contribution >= 4 is 31.0 Å². The van der Waals surface area contributed by atoms with Gasteiger partial charge in [0.25, 0.3) is 0 Å². The maximum absolute atomic E-state index is 9.44. The second kappa shape index (κ2) is 6.38. The molecule has 0 spiro atoms. The van der Waals surface area contributed by atoms with E-state index in [9.17, 15) is 5.26 Å². The summed E-state index contributed by atoms with van der Waals surface area (Å²) in [6.07, 6.45) is 2.68. The molecule has 1 heterocycles. The van der Waals surface area contributed by atoms with Crippen molar-refractivity contribution < 1.29 is 0 Å². The van der Waals surface area contributed by atoms with E-state index >= 15 is 0 Å². The average Bonchev–Trinajstić information content (AvgIpc) is 3.47. The molecule has 4 rings (SSSR count). The molecule has 1 unspecified atom stereocenters. The number of nitrogens with zero attached hydrogens (tertiary/aromatic N) is 3. The Kier molecular flexibility index (Phi) is 4.08. The average molecular weight is 374 g/mol. The van der Waals surface area contributed by atoms with Crippen molar-refractivity contribution in [2.45, 2.75) is 24.5 Å². The van der Waals surface area contributed by atoms with Crippen molar-refractivity contribution in [1.29, 1.82) is 5.26 Å². The van der Waals surface area contributed by atoms with Crippen molar-refractivity contribution in [2.24, 2.45) is 5.92 Å². The number of benzene rings is 2. The first-order valence-corrected chi connectivity index (χ1v) is 10.3. The number of hydrogen-bond acceptors (Lipinski definition) is 3. The Bertz CT molecular complexity index is 927. The van der Waals surface area contributed by atoms with Gasteiger partial charge in [0, 0.05) is 0 Å². The van der Waals surface area contributed by atoms with E-state index in [1.165, 1.54) is 18.4 Å². The fourth-order valence-electron chi connectivity index (χ4n) is 3.00. The minimum absolute atomic E-state index is 0.0656. The van der Waals surface area contributed by atoms with E-state index < -0.39 is 0 Å². The van der Waals surface area contributed by atoms with Gasteiger partial charge in [-0.25, -0.2) is 0 Å². The summed E-state index contributed by atoms with van der Waals surface area (Å²) in [6, 6.07) is 18.9. The number of fused-ring (bicyclic) bond motifs is 1. The zero-order valence-corrected chi connectivity index (χ0v) is 15.4. The van der Waals surface area contributed by atoms with Crippen LogP contribution in [-0.2, 0) is 0 Å². The Labute approximate surface area is 148 Å². The van der Waals surface area contributed by atoms with Gasteiger partial charge in [-0.15, -0.1) is 0 Å².